The number of ether oxygens (including phenoxy) is 2. The average Bonchev–Trinajstić information content (AvgIpc) is 2.73. The highest BCUT2D eigenvalue weighted by Crippen LogP contribution is 2.28. The van der Waals surface area contributed by atoms with Crippen molar-refractivity contribution in [2.45, 2.75) is 11.4 Å². The van der Waals surface area contributed by atoms with Gasteiger partial charge in [0.25, 0.3) is 5.91 Å². The maximum Gasteiger partial charge on any atom is 0.251 e. The third-order valence-corrected chi connectivity index (χ3v) is 6.55. The van der Waals surface area contributed by atoms with Crippen molar-refractivity contribution in [2.75, 3.05) is 33.4 Å². The number of carbonyl (C=O) groups excluding carboxylic acids is 1. The number of morpholine rings is 1. The molecule has 0 aliphatic carbocycles. The highest BCUT2D eigenvalue weighted by atomic mass is 35.5. The number of hydrogen-bond donors (Lipinski definition) is 1. The minimum atomic E-state index is -3.80. The van der Waals surface area contributed by atoms with Gasteiger partial charge in [-0.05, 0) is 35.9 Å². The van der Waals surface area contributed by atoms with Crippen LogP contribution in [0, 0.1) is 0 Å². The van der Waals surface area contributed by atoms with Gasteiger partial charge < -0.3 is 14.8 Å². The molecule has 9 heteroatoms. The molecule has 1 fully saturated rings. The molecule has 0 radical (unpaired) electrons. The Morgan fingerprint density at radius 2 is 1.86 bits per heavy atom. The van der Waals surface area contributed by atoms with Crippen LogP contribution in [0.2, 0.25) is 5.02 Å². The van der Waals surface area contributed by atoms with Crippen LogP contribution in [0.1, 0.15) is 15.9 Å². The van der Waals surface area contributed by atoms with Gasteiger partial charge in [0, 0.05) is 30.2 Å². The Bertz CT molecular complexity index is 941. The molecule has 0 unspecified atom stereocenters. The van der Waals surface area contributed by atoms with E-state index in [4.69, 9.17) is 21.1 Å². The van der Waals surface area contributed by atoms with E-state index in [1.165, 1.54) is 29.6 Å². The Labute approximate surface area is 169 Å². The Kier molecular flexibility index (Phi) is 6.56. The number of carbonyl (C=O) groups is 1. The molecule has 7 nitrogen and oxygen atoms in total. The van der Waals surface area contributed by atoms with E-state index in [1.807, 2.05) is 12.1 Å². The molecule has 3 rings (SSSR count). The van der Waals surface area contributed by atoms with Crippen molar-refractivity contribution < 1.29 is 22.7 Å². The van der Waals surface area contributed by atoms with Crippen molar-refractivity contribution in [2.24, 2.45) is 0 Å². The van der Waals surface area contributed by atoms with E-state index in [2.05, 4.69) is 5.32 Å². The van der Waals surface area contributed by atoms with Crippen molar-refractivity contribution >= 4 is 27.5 Å². The molecule has 150 valence electrons. The Hall–Kier alpha value is -2.13. The lowest BCUT2D eigenvalue weighted by atomic mass is 10.2. The Morgan fingerprint density at radius 1 is 1.18 bits per heavy atom. The van der Waals surface area contributed by atoms with E-state index >= 15 is 0 Å². The van der Waals surface area contributed by atoms with Crippen LogP contribution < -0.4 is 10.1 Å². The van der Waals surface area contributed by atoms with Gasteiger partial charge >= 0.3 is 0 Å². The summed E-state index contributed by atoms with van der Waals surface area (Å²) >= 11 is 5.86. The summed E-state index contributed by atoms with van der Waals surface area (Å²) in [6.45, 7) is 1.50. The monoisotopic (exact) mass is 424 g/mol. The van der Waals surface area contributed by atoms with Crippen LogP contribution in [-0.2, 0) is 21.3 Å². The maximum atomic E-state index is 13.0. The molecule has 0 spiro atoms. The third kappa shape index (κ3) is 4.64. The number of nitrogens with one attached hydrogen (secondary N) is 1. The summed E-state index contributed by atoms with van der Waals surface area (Å²) in [6, 6.07) is 11.5. The van der Waals surface area contributed by atoms with Crippen molar-refractivity contribution in [3.63, 3.8) is 0 Å². The summed E-state index contributed by atoms with van der Waals surface area (Å²) in [4.78, 5) is 12.5. The second-order valence-electron chi connectivity index (χ2n) is 6.19. The van der Waals surface area contributed by atoms with Gasteiger partial charge in [0.1, 0.15) is 10.6 Å². The van der Waals surface area contributed by atoms with Crippen molar-refractivity contribution in [1.29, 1.82) is 0 Å². The van der Waals surface area contributed by atoms with Gasteiger partial charge in [0.15, 0.2) is 0 Å². The van der Waals surface area contributed by atoms with Gasteiger partial charge in [-0.2, -0.15) is 4.31 Å². The lowest BCUT2D eigenvalue weighted by Gasteiger charge is -2.26. The largest absolute Gasteiger partial charge is 0.495 e. The zero-order chi connectivity index (χ0) is 20.1. The SMILES string of the molecule is COc1ccc(C(=O)NCc2ccc(Cl)cc2)cc1S(=O)(=O)N1CCOCC1. The van der Waals surface area contributed by atoms with Gasteiger partial charge in [-0.25, -0.2) is 8.42 Å². The van der Waals surface area contributed by atoms with Gasteiger partial charge in [0.2, 0.25) is 10.0 Å². The van der Waals surface area contributed by atoms with E-state index in [0.717, 1.165) is 5.56 Å². The molecule has 2 aromatic carbocycles. The second-order valence-corrected chi connectivity index (χ2v) is 8.53. The minimum absolute atomic E-state index is 0.0314. The number of rotatable bonds is 6. The van der Waals surface area contributed by atoms with Crippen LogP contribution in [0.15, 0.2) is 47.4 Å². The molecule has 1 saturated heterocycles. The zero-order valence-corrected chi connectivity index (χ0v) is 16.9. The van der Waals surface area contributed by atoms with E-state index in [1.54, 1.807) is 12.1 Å². The topological polar surface area (TPSA) is 84.9 Å². The molecule has 1 amide bonds. The van der Waals surface area contributed by atoms with E-state index < -0.39 is 10.0 Å². The summed E-state index contributed by atoms with van der Waals surface area (Å²) in [5.74, 6) is -0.184. The lowest BCUT2D eigenvalue weighted by molar-refractivity contribution is 0.0729. The predicted octanol–water partition coefficient (Wildman–Crippen LogP) is 2.30. The van der Waals surface area contributed by atoms with E-state index in [-0.39, 0.29) is 35.2 Å². The maximum absolute atomic E-state index is 13.0. The summed E-state index contributed by atoms with van der Waals surface area (Å²) in [5.41, 5.74) is 1.12. The smallest absolute Gasteiger partial charge is 0.251 e. The molecule has 2 aromatic rings. The number of hydrogen-bond acceptors (Lipinski definition) is 5. The van der Waals surface area contributed by atoms with Gasteiger partial charge in [-0.15, -0.1) is 0 Å². The Balaban J connectivity index is 1.81. The number of sulfonamides is 1. The van der Waals surface area contributed by atoms with Crippen molar-refractivity contribution in [3.05, 3.63) is 58.6 Å². The normalized spacial score (nSPS) is 15.2. The number of methoxy groups -OCH3 is 1. The zero-order valence-electron chi connectivity index (χ0n) is 15.4. The minimum Gasteiger partial charge on any atom is -0.495 e. The number of halogens is 1. The fraction of sp³-hybridized carbons (Fsp3) is 0.316. The molecule has 1 N–H and O–H groups in total. The van der Waals surface area contributed by atoms with Gasteiger partial charge in [-0.3, -0.25) is 4.79 Å². The number of nitrogens with zero attached hydrogens (tertiary/aromatic N) is 1. The van der Waals surface area contributed by atoms with Crippen LogP contribution in [0.3, 0.4) is 0 Å². The lowest BCUT2D eigenvalue weighted by Crippen LogP contribution is -2.40. The first-order valence-corrected chi connectivity index (χ1v) is 10.5. The van der Waals surface area contributed by atoms with Gasteiger partial charge in [0.05, 0.1) is 20.3 Å². The molecule has 1 heterocycles. The number of benzene rings is 2. The van der Waals surface area contributed by atoms with Gasteiger partial charge in [-0.1, -0.05) is 23.7 Å². The van der Waals surface area contributed by atoms with Crippen LogP contribution in [0.25, 0.3) is 0 Å². The summed E-state index contributed by atoms with van der Waals surface area (Å²) in [7, 11) is -2.40. The van der Waals surface area contributed by atoms with E-state index in [0.29, 0.717) is 24.8 Å². The van der Waals surface area contributed by atoms with Crippen LogP contribution in [0.5, 0.6) is 5.75 Å². The summed E-state index contributed by atoms with van der Waals surface area (Å²) in [5, 5.41) is 3.39. The first-order chi connectivity index (χ1) is 13.4. The molecule has 28 heavy (non-hydrogen) atoms. The van der Waals surface area contributed by atoms with Crippen LogP contribution >= 0.6 is 11.6 Å². The average molecular weight is 425 g/mol. The quantitative estimate of drug-likeness (QED) is 0.769. The molecule has 0 aromatic heterocycles. The molecular formula is C19H21ClN2O5S. The number of amides is 1. The molecule has 1 aliphatic rings. The molecule has 0 saturated carbocycles. The Morgan fingerprint density at radius 3 is 2.50 bits per heavy atom. The summed E-state index contributed by atoms with van der Waals surface area (Å²) < 4.78 is 37.8. The van der Waals surface area contributed by atoms with Crippen molar-refractivity contribution in [3.8, 4) is 5.75 Å². The van der Waals surface area contributed by atoms with Crippen LogP contribution in [0.4, 0.5) is 0 Å². The third-order valence-electron chi connectivity index (χ3n) is 4.38. The first kappa shape index (κ1) is 20.6. The second kappa shape index (κ2) is 8.91. The molecule has 1 aliphatic heterocycles. The fourth-order valence-electron chi connectivity index (χ4n) is 2.83. The standard InChI is InChI=1S/C19H21ClN2O5S/c1-26-17-7-4-15(19(23)21-13-14-2-5-16(20)6-3-14)12-18(17)28(24,25)22-8-10-27-11-9-22/h2-7,12H,8-11,13H2,1H3,(H,21,23). The van der Waals surface area contributed by atoms with Crippen molar-refractivity contribution in [1.82, 2.24) is 9.62 Å². The first-order valence-electron chi connectivity index (χ1n) is 8.70. The van der Waals surface area contributed by atoms with E-state index in [9.17, 15) is 13.2 Å². The highest BCUT2D eigenvalue weighted by molar-refractivity contribution is 7.89. The highest BCUT2D eigenvalue weighted by Gasteiger charge is 2.30. The molecule has 0 bridgehead atoms. The van der Waals surface area contributed by atoms with Crippen LogP contribution in [-0.4, -0.2) is 52.0 Å². The summed E-state index contributed by atoms with van der Waals surface area (Å²) in [6.07, 6.45) is 0. The fourth-order valence-corrected chi connectivity index (χ4v) is 4.55. The predicted molar refractivity (Wildman–Crippen MR) is 105 cm³/mol. The molecule has 0 atom stereocenters. The molecular weight excluding hydrogens is 404 g/mol.